The molecule has 0 spiro atoms. The van der Waals surface area contributed by atoms with E-state index in [1.807, 2.05) is 6.08 Å². The fraction of sp³-hybridized carbons (Fsp3) is 0.920. The van der Waals surface area contributed by atoms with Crippen molar-refractivity contribution in [1.82, 2.24) is 0 Å². The SMILES string of the molecule is C/C(=C/CO)CCC[C@H](C)CCC[C@H](C)CCC[C@H](C)CCCC(C)C. The van der Waals surface area contributed by atoms with Gasteiger partial charge < -0.3 is 5.11 Å². The molecule has 0 aromatic rings. The van der Waals surface area contributed by atoms with Gasteiger partial charge >= 0.3 is 0 Å². The van der Waals surface area contributed by atoms with Crippen molar-refractivity contribution in [2.75, 3.05) is 6.61 Å². The van der Waals surface area contributed by atoms with Gasteiger partial charge in [-0.2, -0.15) is 0 Å². The maximum absolute atomic E-state index is 8.89. The topological polar surface area (TPSA) is 20.2 Å². The molecule has 3 atom stereocenters. The van der Waals surface area contributed by atoms with Gasteiger partial charge in [0, 0.05) is 0 Å². The Morgan fingerprint density at radius 3 is 1.42 bits per heavy atom. The summed E-state index contributed by atoms with van der Waals surface area (Å²) in [7, 11) is 0. The largest absolute Gasteiger partial charge is 0.392 e. The summed E-state index contributed by atoms with van der Waals surface area (Å²) in [6.45, 7) is 14.3. The third-order valence-electron chi connectivity index (χ3n) is 5.97. The summed E-state index contributed by atoms with van der Waals surface area (Å²) in [4.78, 5) is 0. The quantitative estimate of drug-likeness (QED) is 0.257. The van der Waals surface area contributed by atoms with Crippen LogP contribution in [0.5, 0.6) is 0 Å². The van der Waals surface area contributed by atoms with Gasteiger partial charge in [0.05, 0.1) is 6.61 Å². The molecule has 0 aliphatic carbocycles. The van der Waals surface area contributed by atoms with Crippen LogP contribution >= 0.6 is 0 Å². The van der Waals surface area contributed by atoms with Crippen molar-refractivity contribution in [3.63, 3.8) is 0 Å². The van der Waals surface area contributed by atoms with Crippen LogP contribution in [0, 0.1) is 23.7 Å². The monoisotopic (exact) mass is 366 g/mol. The molecule has 0 saturated heterocycles. The van der Waals surface area contributed by atoms with E-state index in [9.17, 15) is 0 Å². The molecular formula is C25H50O. The lowest BCUT2D eigenvalue weighted by Crippen LogP contribution is -2.01. The second-order valence-electron chi connectivity index (χ2n) is 9.63. The van der Waals surface area contributed by atoms with Gasteiger partial charge in [-0.25, -0.2) is 0 Å². The Hall–Kier alpha value is -0.300. The second-order valence-corrected chi connectivity index (χ2v) is 9.63. The lowest BCUT2D eigenvalue weighted by atomic mass is 9.90. The van der Waals surface area contributed by atoms with E-state index >= 15 is 0 Å². The van der Waals surface area contributed by atoms with Crippen LogP contribution in [-0.2, 0) is 0 Å². The third-order valence-corrected chi connectivity index (χ3v) is 5.97. The smallest absolute Gasteiger partial charge is 0.0614 e. The second kappa shape index (κ2) is 16.8. The molecule has 0 aliphatic heterocycles. The van der Waals surface area contributed by atoms with E-state index in [1.54, 1.807) is 0 Å². The molecule has 0 aromatic carbocycles. The number of rotatable bonds is 17. The Morgan fingerprint density at radius 1 is 0.654 bits per heavy atom. The molecular weight excluding hydrogens is 316 g/mol. The van der Waals surface area contributed by atoms with E-state index in [0.717, 1.165) is 30.1 Å². The Balaban J connectivity index is 3.58. The molecule has 1 nitrogen and oxygen atoms in total. The maximum Gasteiger partial charge on any atom is 0.0614 e. The number of aliphatic hydroxyl groups is 1. The first kappa shape index (κ1) is 25.7. The first-order valence-corrected chi connectivity index (χ1v) is 11.6. The lowest BCUT2D eigenvalue weighted by Gasteiger charge is -2.16. The summed E-state index contributed by atoms with van der Waals surface area (Å²) in [5, 5.41) is 8.89. The van der Waals surface area contributed by atoms with Crippen LogP contribution in [0.15, 0.2) is 11.6 Å². The normalized spacial score (nSPS) is 16.1. The zero-order valence-corrected chi connectivity index (χ0v) is 19.0. The standard InChI is InChI=1S/C25H50O/c1-21(2)11-7-12-22(3)13-8-14-23(4)15-9-16-24(5)17-10-18-25(6)19-20-26/h19,21-24,26H,7-18,20H2,1-6H3/b25-19-/t22-,23-,24-/m1/s1. The van der Waals surface area contributed by atoms with Crippen molar-refractivity contribution in [2.45, 2.75) is 119 Å². The van der Waals surface area contributed by atoms with Crippen LogP contribution in [0.2, 0.25) is 0 Å². The number of hydrogen-bond donors (Lipinski definition) is 1. The van der Waals surface area contributed by atoms with Crippen LogP contribution in [0.4, 0.5) is 0 Å². The van der Waals surface area contributed by atoms with E-state index in [1.165, 1.54) is 76.2 Å². The highest BCUT2D eigenvalue weighted by Gasteiger charge is 2.08. The average Bonchev–Trinajstić information content (AvgIpc) is 2.54. The molecule has 0 aromatic heterocycles. The lowest BCUT2D eigenvalue weighted by molar-refractivity contribution is 0.341. The highest BCUT2D eigenvalue weighted by atomic mass is 16.2. The van der Waals surface area contributed by atoms with Crippen LogP contribution in [0.1, 0.15) is 119 Å². The first-order valence-electron chi connectivity index (χ1n) is 11.6. The summed E-state index contributed by atoms with van der Waals surface area (Å²) in [6.07, 6.45) is 18.4. The highest BCUT2D eigenvalue weighted by Crippen LogP contribution is 2.23. The van der Waals surface area contributed by atoms with Crippen molar-refractivity contribution in [1.29, 1.82) is 0 Å². The van der Waals surface area contributed by atoms with Gasteiger partial charge in [0.2, 0.25) is 0 Å². The van der Waals surface area contributed by atoms with Crippen molar-refractivity contribution in [3.05, 3.63) is 11.6 Å². The fourth-order valence-electron chi connectivity index (χ4n) is 3.92. The molecule has 156 valence electrons. The molecule has 1 heteroatoms. The number of hydrogen-bond acceptors (Lipinski definition) is 1. The molecule has 1 N–H and O–H groups in total. The molecule has 0 unspecified atom stereocenters. The van der Waals surface area contributed by atoms with E-state index in [4.69, 9.17) is 5.11 Å². The van der Waals surface area contributed by atoms with Gasteiger partial charge in [-0.1, -0.05) is 110 Å². The molecule has 0 heterocycles. The van der Waals surface area contributed by atoms with Gasteiger partial charge in [0.1, 0.15) is 0 Å². The molecule has 0 aliphatic rings. The van der Waals surface area contributed by atoms with E-state index < -0.39 is 0 Å². The van der Waals surface area contributed by atoms with Gasteiger partial charge in [-0.15, -0.1) is 0 Å². The number of aliphatic hydroxyl groups excluding tert-OH is 1. The van der Waals surface area contributed by atoms with E-state index in [0.29, 0.717) is 0 Å². The Labute approximate surface area is 166 Å². The highest BCUT2D eigenvalue weighted by molar-refractivity contribution is 4.97. The van der Waals surface area contributed by atoms with E-state index in [2.05, 4.69) is 41.5 Å². The molecule has 0 saturated carbocycles. The minimum absolute atomic E-state index is 0.190. The first-order chi connectivity index (χ1) is 12.3. The van der Waals surface area contributed by atoms with Crippen molar-refractivity contribution < 1.29 is 5.11 Å². The predicted molar refractivity (Wildman–Crippen MR) is 119 cm³/mol. The molecule has 0 fully saturated rings. The fourth-order valence-corrected chi connectivity index (χ4v) is 3.92. The molecule has 26 heavy (non-hydrogen) atoms. The number of allylic oxidation sites excluding steroid dienone is 1. The minimum atomic E-state index is 0.190. The summed E-state index contributed by atoms with van der Waals surface area (Å²) in [5.41, 5.74) is 1.34. The zero-order chi connectivity index (χ0) is 19.8. The molecule has 0 radical (unpaired) electrons. The summed E-state index contributed by atoms with van der Waals surface area (Å²) >= 11 is 0. The Morgan fingerprint density at radius 2 is 1.04 bits per heavy atom. The van der Waals surface area contributed by atoms with Gasteiger partial charge in [-0.3, -0.25) is 0 Å². The summed E-state index contributed by atoms with van der Waals surface area (Å²) in [6, 6.07) is 0. The van der Waals surface area contributed by atoms with Crippen LogP contribution < -0.4 is 0 Å². The average molecular weight is 367 g/mol. The van der Waals surface area contributed by atoms with Crippen LogP contribution in [0.3, 0.4) is 0 Å². The van der Waals surface area contributed by atoms with Gasteiger partial charge in [-0.05, 0) is 43.4 Å². The maximum atomic E-state index is 8.89. The Bertz CT molecular complexity index is 331. The van der Waals surface area contributed by atoms with Gasteiger partial charge in [0.25, 0.3) is 0 Å². The van der Waals surface area contributed by atoms with Crippen LogP contribution in [-0.4, -0.2) is 11.7 Å². The Kier molecular flexibility index (Phi) is 16.6. The zero-order valence-electron chi connectivity index (χ0n) is 19.0. The van der Waals surface area contributed by atoms with Crippen molar-refractivity contribution in [3.8, 4) is 0 Å². The summed E-state index contributed by atoms with van der Waals surface area (Å²) < 4.78 is 0. The predicted octanol–water partition coefficient (Wildman–Crippen LogP) is 8.17. The van der Waals surface area contributed by atoms with Gasteiger partial charge in [0.15, 0.2) is 0 Å². The third kappa shape index (κ3) is 17.1. The van der Waals surface area contributed by atoms with E-state index in [-0.39, 0.29) is 6.61 Å². The molecule has 0 bridgehead atoms. The molecule has 0 rings (SSSR count). The minimum Gasteiger partial charge on any atom is -0.392 e. The molecule has 0 amide bonds. The van der Waals surface area contributed by atoms with Crippen molar-refractivity contribution >= 4 is 0 Å². The van der Waals surface area contributed by atoms with Crippen LogP contribution in [0.25, 0.3) is 0 Å². The van der Waals surface area contributed by atoms with Crippen molar-refractivity contribution in [2.24, 2.45) is 23.7 Å². The summed E-state index contributed by atoms with van der Waals surface area (Å²) in [5.74, 6) is 3.54.